The van der Waals surface area contributed by atoms with Crippen molar-refractivity contribution in [1.82, 2.24) is 44.1 Å². The van der Waals surface area contributed by atoms with Crippen molar-refractivity contribution in [3.05, 3.63) is 0 Å². The summed E-state index contributed by atoms with van der Waals surface area (Å²) in [6, 6.07) is 0. The summed E-state index contributed by atoms with van der Waals surface area (Å²) in [6.07, 6.45) is 23.1. The molecule has 135 heavy (non-hydrogen) atoms. The van der Waals surface area contributed by atoms with Crippen LogP contribution in [0.25, 0.3) is 0 Å². The Morgan fingerprint density at radius 2 is 0.274 bits per heavy atom. The summed E-state index contributed by atoms with van der Waals surface area (Å²) in [7, 11) is 0. The Morgan fingerprint density at radius 1 is 0.148 bits per heavy atom. The lowest BCUT2D eigenvalue weighted by atomic mass is 10.1. The van der Waals surface area contributed by atoms with E-state index in [4.69, 9.17) is 115 Å². The lowest BCUT2D eigenvalue weighted by Gasteiger charge is -2.33. The molecule has 48 nitrogen and oxygen atoms in total. The fraction of sp³-hybridized carbons (Fsp3) is 0.782. The molecule has 0 aromatic carbocycles. The van der Waals surface area contributed by atoms with Gasteiger partial charge in [-0.2, -0.15) is 0 Å². The van der Waals surface area contributed by atoms with E-state index in [0.717, 1.165) is 19.3 Å². The zero-order chi connectivity index (χ0) is 101. The average molecular weight is 1910 g/mol. The van der Waals surface area contributed by atoms with E-state index in [2.05, 4.69) is 44.9 Å². The van der Waals surface area contributed by atoms with E-state index < -0.39 is 106 Å². The molecule has 0 rings (SSSR count). The largest absolute Gasteiger partial charge is 0.370 e. The Hall–Kier alpha value is -11.9. The fourth-order valence-electron chi connectivity index (χ4n) is 14.5. The zero-order valence-corrected chi connectivity index (χ0v) is 81.3. The second-order valence-corrected chi connectivity index (χ2v) is 33.9. The molecule has 10 amide bonds. The van der Waals surface area contributed by atoms with Crippen LogP contribution < -0.4 is 115 Å². The smallest absolute Gasteiger partial charge is 0.242 e. The van der Waals surface area contributed by atoms with Crippen LogP contribution in [0.15, 0.2) is 44.9 Å². The number of nitrogens with zero attached hydrogens (tertiary/aromatic N) is 18. The van der Waals surface area contributed by atoms with Crippen LogP contribution in [0.4, 0.5) is 0 Å². The number of guanidine groups is 9. The molecule has 0 fully saturated rings. The Labute approximate surface area is 800 Å². The van der Waals surface area contributed by atoms with Crippen molar-refractivity contribution >= 4 is 113 Å². The highest BCUT2D eigenvalue weighted by Crippen LogP contribution is 2.18. The van der Waals surface area contributed by atoms with Crippen LogP contribution in [0.3, 0.4) is 0 Å². The Morgan fingerprint density at radius 3 is 0.407 bits per heavy atom. The van der Waals surface area contributed by atoms with E-state index in [-0.39, 0.29) is 131 Å². The molecule has 0 saturated heterocycles. The average Bonchev–Trinajstić information content (AvgIpc) is 0.855. The predicted octanol–water partition coefficient (Wildman–Crippen LogP) is -3.05. The lowest BCUT2D eigenvalue weighted by molar-refractivity contribution is -0.149. The molecule has 0 saturated carbocycles. The van der Waals surface area contributed by atoms with Gasteiger partial charge in [0.1, 0.15) is 0 Å². The molecule has 774 valence electrons. The van der Waals surface area contributed by atoms with Gasteiger partial charge in [-0.15, -0.1) is 0 Å². The monoisotopic (exact) mass is 1910 g/mol. The number of unbranched alkanes of at least 4 members (excludes halogenated alkanes) is 29. The number of carbonyl (C=O) groups excluding carboxylic acids is 10. The minimum Gasteiger partial charge on any atom is -0.370 e. The first kappa shape index (κ1) is 123. The molecule has 0 atom stereocenters. The number of carbonyl (C=O) groups is 10. The van der Waals surface area contributed by atoms with Gasteiger partial charge in [0.05, 0.1) is 58.9 Å². The summed E-state index contributed by atoms with van der Waals surface area (Å²) in [6.45, 7) is 0.125. The van der Waals surface area contributed by atoms with Crippen LogP contribution in [0.2, 0.25) is 0 Å². The maximum absolute atomic E-state index is 15.7. The first-order chi connectivity index (χ1) is 64.6. The van der Waals surface area contributed by atoms with Crippen LogP contribution in [-0.2, 0) is 47.9 Å². The molecule has 0 bridgehead atoms. The molecule has 0 aliphatic carbocycles. The van der Waals surface area contributed by atoms with Gasteiger partial charge in [0.15, 0.2) is 53.6 Å². The number of nitrogens with two attached hydrogens (primary N) is 20. The number of rotatable bonds is 86. The summed E-state index contributed by atoms with van der Waals surface area (Å²) in [5.74, 6) is -6.08. The predicted molar refractivity (Wildman–Crippen MR) is 538 cm³/mol. The van der Waals surface area contributed by atoms with Gasteiger partial charge < -0.3 is 159 Å². The fourth-order valence-corrected chi connectivity index (χ4v) is 14.5. The molecule has 0 aliphatic rings. The molecule has 0 unspecified atom stereocenters. The van der Waals surface area contributed by atoms with Crippen molar-refractivity contribution in [3.8, 4) is 0 Å². The molecule has 0 spiro atoms. The molecule has 40 N–H and O–H groups in total. The molecular weight excluding hydrogens is 1740 g/mol. The number of primary amides is 1. The summed E-state index contributed by atoms with van der Waals surface area (Å²) in [5.41, 5.74) is 113. The quantitative estimate of drug-likeness (QED) is 0.0163. The van der Waals surface area contributed by atoms with Crippen LogP contribution in [0.1, 0.15) is 257 Å². The first-order valence-corrected chi connectivity index (χ1v) is 48.5. The highest BCUT2D eigenvalue weighted by Gasteiger charge is 2.33. The minimum absolute atomic E-state index is 0.00437. The summed E-state index contributed by atoms with van der Waals surface area (Å²) in [4.78, 5) is 199. The van der Waals surface area contributed by atoms with Crippen molar-refractivity contribution in [1.29, 1.82) is 0 Å². The Bertz CT molecular complexity index is 3590. The van der Waals surface area contributed by atoms with Gasteiger partial charge in [-0.25, -0.2) is 0 Å². The third kappa shape index (κ3) is 72.3. The number of hydrogen-bond acceptors (Lipinski definition) is 20. The molecular formula is C87H176N38O10. The molecule has 48 heteroatoms. The van der Waals surface area contributed by atoms with Gasteiger partial charge in [-0.05, 0) is 135 Å². The zero-order valence-electron chi connectivity index (χ0n) is 81.3. The van der Waals surface area contributed by atoms with E-state index in [1.165, 1.54) is 39.2 Å². The van der Waals surface area contributed by atoms with Crippen LogP contribution >= 0.6 is 0 Å². The molecule has 0 aliphatic heterocycles. The third-order valence-corrected chi connectivity index (χ3v) is 21.9. The van der Waals surface area contributed by atoms with E-state index in [0.29, 0.717) is 297 Å². The number of amides is 10. The highest BCUT2D eigenvalue weighted by atomic mass is 16.2. The van der Waals surface area contributed by atoms with Crippen LogP contribution in [0, 0.1) is 0 Å². The maximum Gasteiger partial charge on any atom is 0.242 e. The normalized spacial score (nSPS) is 10.8. The lowest BCUT2D eigenvalue weighted by Crippen LogP contribution is -2.53. The molecule has 0 aromatic rings. The maximum atomic E-state index is 15.7. The van der Waals surface area contributed by atoms with Gasteiger partial charge in [-0.1, -0.05) is 122 Å². The van der Waals surface area contributed by atoms with Gasteiger partial charge >= 0.3 is 0 Å². The molecule has 0 heterocycles. The van der Waals surface area contributed by atoms with Crippen LogP contribution in [-0.4, -0.2) is 340 Å². The van der Waals surface area contributed by atoms with Gasteiger partial charge in [-0.3, -0.25) is 92.9 Å². The van der Waals surface area contributed by atoms with Crippen molar-refractivity contribution < 1.29 is 47.9 Å². The summed E-state index contributed by atoms with van der Waals surface area (Å²) < 4.78 is 0. The Balaban J connectivity index is 8.59. The van der Waals surface area contributed by atoms with E-state index in [1.54, 1.807) is 4.90 Å². The van der Waals surface area contributed by atoms with Crippen molar-refractivity contribution in [3.63, 3.8) is 0 Å². The molecule has 0 radical (unpaired) electrons. The van der Waals surface area contributed by atoms with E-state index in [1.807, 2.05) is 0 Å². The van der Waals surface area contributed by atoms with Gasteiger partial charge in [0.2, 0.25) is 59.1 Å². The van der Waals surface area contributed by atoms with Crippen molar-refractivity contribution in [2.75, 3.05) is 183 Å². The van der Waals surface area contributed by atoms with E-state index >= 15 is 33.6 Å². The highest BCUT2D eigenvalue weighted by molar-refractivity contribution is 5.94. The number of aliphatic imine (C=N–C) groups is 9. The SMILES string of the molecule is NCCCCCC(=O)N(CCCCCCN=C(N)N)CC(=O)N(CCCCCCN=C(N)N)CC(=O)N(CCCCCCN=C(N)N)CC(=O)N(CCCCCCN=C(N)N)CC(=O)N(CCCCCCN=C(N)N)CC(=O)N(CCCCCCN=C(N)N)CC(=O)N(CCCCCCN=C(N)N)CC(=O)N(CCCCCCN=C(N)N)CC(=O)N(CCCCCCN=C(N)N)CC(N)=O. The Kier molecular flexibility index (Phi) is 73.4. The van der Waals surface area contributed by atoms with Crippen molar-refractivity contribution in [2.45, 2.75) is 257 Å². The van der Waals surface area contributed by atoms with E-state index in [9.17, 15) is 14.4 Å². The molecule has 0 aromatic heterocycles. The van der Waals surface area contributed by atoms with Crippen molar-refractivity contribution in [2.24, 2.45) is 160 Å². The minimum atomic E-state index is -0.760. The summed E-state index contributed by atoms with van der Waals surface area (Å²) in [5, 5.41) is 0. The van der Waals surface area contributed by atoms with Crippen LogP contribution in [0.5, 0.6) is 0 Å². The second-order valence-electron chi connectivity index (χ2n) is 33.9. The first-order valence-electron chi connectivity index (χ1n) is 48.5. The van der Waals surface area contributed by atoms with Gasteiger partial charge in [0, 0.05) is 124 Å². The third-order valence-electron chi connectivity index (χ3n) is 21.9. The summed E-state index contributed by atoms with van der Waals surface area (Å²) >= 11 is 0. The van der Waals surface area contributed by atoms with Gasteiger partial charge in [0.25, 0.3) is 0 Å². The standard InChI is InChI=1S/C87H176N38O10/c88-41-21-19-20-40-70(127)118(52-32-11-2-23-43-109-80(92)93)61-72(129)120(54-34-13-4-25-45-111-82(96)97)63-74(131)122(56-36-15-6-27-47-113-84(100)101)65-76(133)124(58-38-17-8-29-49-115-86(104)105)67-78(135)125(59-39-18-9-30-50-116-87(106)107)68-77(134)123(57-37-16-7-28-48-114-85(102)103)66-75(132)121(55-35-14-5-26-46-112-83(98)99)64-73(130)119(53-33-12-3-24-44-110-81(94)95)62-71(128)117(60-69(89)126)51-31-10-1-22-42-108-79(90)91/h1-68,88H2,(H2,89,126)(H4,90,91,108)(H4,92,93,109)(H4,94,95,110)(H4,96,97,111)(H4,98,99,112)(H4,100,101,113)(H4,102,103,114)(H4,104,105,115)(H4,106,107,116). The second kappa shape index (κ2) is 80.5. The number of hydrogen-bond donors (Lipinski definition) is 20. The topological polar surface area (TPSA) is 832 Å².